The number of carboxylic acid groups (broad SMARTS) is 1. The lowest BCUT2D eigenvalue weighted by molar-refractivity contribution is 0.0696. The van der Waals surface area contributed by atoms with Gasteiger partial charge in [0.25, 0.3) is 15.9 Å². The molecule has 0 aliphatic heterocycles. The fourth-order valence-corrected chi connectivity index (χ4v) is 3.63. The number of carbonyl (C=O) groups is 2. The van der Waals surface area contributed by atoms with Crippen LogP contribution in [0.3, 0.4) is 0 Å². The van der Waals surface area contributed by atoms with Crippen LogP contribution in [0.4, 0.5) is 11.4 Å². The van der Waals surface area contributed by atoms with Crippen LogP contribution in [0, 0.1) is 0 Å². The van der Waals surface area contributed by atoms with Gasteiger partial charge in [0.2, 0.25) is 0 Å². The van der Waals surface area contributed by atoms with Crippen LogP contribution in [0.5, 0.6) is 0 Å². The van der Waals surface area contributed by atoms with E-state index >= 15 is 0 Å². The molecular weight excluding hydrogens is 452 g/mol. The van der Waals surface area contributed by atoms with Crippen LogP contribution in [0.1, 0.15) is 20.9 Å². The van der Waals surface area contributed by atoms with Crippen LogP contribution in [-0.2, 0) is 10.0 Å². The second-order valence-electron chi connectivity index (χ2n) is 5.57. The smallest absolute Gasteiger partial charge is 0.335 e. The lowest BCUT2D eigenvalue weighted by Crippen LogP contribution is -2.14. The van der Waals surface area contributed by atoms with Gasteiger partial charge in [0.15, 0.2) is 10.4 Å². The number of nitrogens with one attached hydrogen (secondary N) is 2. The van der Waals surface area contributed by atoms with E-state index < -0.39 is 21.9 Å². The highest BCUT2D eigenvalue weighted by Crippen LogP contribution is 2.20. The van der Waals surface area contributed by atoms with Crippen molar-refractivity contribution in [1.29, 1.82) is 0 Å². The number of benzene rings is 2. The lowest BCUT2D eigenvalue weighted by Gasteiger charge is -2.10. The summed E-state index contributed by atoms with van der Waals surface area (Å²) in [6, 6.07) is 14.0. The molecule has 0 saturated heterocycles. The number of hydrogen-bond donors (Lipinski definition) is 3. The molecule has 2 aromatic carbocycles. The van der Waals surface area contributed by atoms with E-state index in [-0.39, 0.29) is 21.9 Å². The third-order valence-electron chi connectivity index (χ3n) is 3.58. The highest BCUT2D eigenvalue weighted by molar-refractivity contribution is 9.10. The van der Waals surface area contributed by atoms with Gasteiger partial charge in [-0.2, -0.15) is 0 Å². The van der Waals surface area contributed by atoms with Crippen LogP contribution in [0.25, 0.3) is 0 Å². The Morgan fingerprint density at radius 2 is 1.68 bits per heavy atom. The van der Waals surface area contributed by atoms with Gasteiger partial charge in [-0.3, -0.25) is 9.52 Å². The first kappa shape index (κ1) is 19.6. The van der Waals surface area contributed by atoms with Crippen molar-refractivity contribution in [3.8, 4) is 0 Å². The topological polar surface area (TPSA) is 126 Å². The summed E-state index contributed by atoms with van der Waals surface area (Å²) in [5, 5.41) is 11.6. The molecule has 0 aliphatic rings. The summed E-state index contributed by atoms with van der Waals surface area (Å²) in [6.45, 7) is 0. The van der Waals surface area contributed by atoms with E-state index in [1.807, 2.05) is 0 Å². The molecule has 1 heterocycles. The van der Waals surface area contributed by atoms with Gasteiger partial charge in [-0.25, -0.2) is 13.2 Å². The molecule has 28 heavy (non-hydrogen) atoms. The second kappa shape index (κ2) is 7.87. The molecule has 10 heteroatoms. The van der Waals surface area contributed by atoms with Gasteiger partial charge < -0.3 is 14.8 Å². The van der Waals surface area contributed by atoms with Gasteiger partial charge in [-0.15, -0.1) is 0 Å². The molecule has 0 aliphatic carbocycles. The fourth-order valence-electron chi connectivity index (χ4n) is 2.28. The van der Waals surface area contributed by atoms with Crippen molar-refractivity contribution >= 4 is 49.2 Å². The highest BCUT2D eigenvalue weighted by Gasteiger charge is 2.16. The van der Waals surface area contributed by atoms with Crippen LogP contribution >= 0.6 is 15.9 Å². The van der Waals surface area contributed by atoms with Crippen molar-refractivity contribution in [2.75, 3.05) is 10.0 Å². The summed E-state index contributed by atoms with van der Waals surface area (Å²) < 4.78 is 32.8. The van der Waals surface area contributed by atoms with Crippen molar-refractivity contribution in [3.63, 3.8) is 0 Å². The number of aromatic carboxylic acids is 1. The van der Waals surface area contributed by atoms with Gasteiger partial charge >= 0.3 is 5.97 Å². The Bertz CT molecular complexity index is 1140. The van der Waals surface area contributed by atoms with Crippen molar-refractivity contribution in [1.82, 2.24) is 0 Å². The Morgan fingerprint density at radius 3 is 2.29 bits per heavy atom. The molecule has 3 rings (SSSR count). The van der Waals surface area contributed by atoms with E-state index in [1.165, 1.54) is 54.6 Å². The molecule has 0 radical (unpaired) electrons. The van der Waals surface area contributed by atoms with Gasteiger partial charge in [-0.1, -0.05) is 6.07 Å². The molecule has 144 valence electrons. The minimum Gasteiger partial charge on any atom is -0.478 e. The zero-order valence-corrected chi connectivity index (χ0v) is 16.5. The minimum atomic E-state index is -3.93. The van der Waals surface area contributed by atoms with Crippen LogP contribution < -0.4 is 10.0 Å². The summed E-state index contributed by atoms with van der Waals surface area (Å²) in [6.07, 6.45) is 0. The van der Waals surface area contributed by atoms with Gasteiger partial charge in [0.1, 0.15) is 0 Å². The predicted octanol–water partition coefficient (Wildman–Crippen LogP) is 3.79. The number of rotatable bonds is 6. The monoisotopic (exact) mass is 464 g/mol. The summed E-state index contributed by atoms with van der Waals surface area (Å²) >= 11 is 3.10. The van der Waals surface area contributed by atoms with E-state index in [9.17, 15) is 18.0 Å². The number of furan rings is 1. The first-order chi connectivity index (χ1) is 13.2. The average Bonchev–Trinajstić information content (AvgIpc) is 3.08. The fraction of sp³-hybridized carbons (Fsp3) is 0. The number of halogens is 1. The lowest BCUT2D eigenvalue weighted by atomic mass is 10.2. The number of hydrogen-bond acceptors (Lipinski definition) is 5. The van der Waals surface area contributed by atoms with Crippen molar-refractivity contribution in [3.05, 3.63) is 76.7 Å². The Morgan fingerprint density at radius 1 is 0.964 bits per heavy atom. The molecule has 0 bridgehead atoms. The zero-order valence-electron chi connectivity index (χ0n) is 14.0. The number of carbonyl (C=O) groups excluding carboxylic acids is 1. The molecule has 3 N–H and O–H groups in total. The maximum atomic E-state index is 12.5. The first-order valence-electron chi connectivity index (χ1n) is 7.77. The van der Waals surface area contributed by atoms with E-state index in [2.05, 4.69) is 26.0 Å². The molecule has 0 fully saturated rings. The normalized spacial score (nSPS) is 11.0. The Balaban J connectivity index is 1.73. The number of carboxylic acids is 1. The highest BCUT2D eigenvalue weighted by atomic mass is 79.9. The summed E-state index contributed by atoms with van der Waals surface area (Å²) in [5.74, 6) is -1.54. The molecule has 0 spiro atoms. The summed E-state index contributed by atoms with van der Waals surface area (Å²) in [5.41, 5.74) is 0.466. The maximum Gasteiger partial charge on any atom is 0.335 e. The third kappa shape index (κ3) is 4.59. The van der Waals surface area contributed by atoms with Crippen molar-refractivity contribution in [2.45, 2.75) is 4.90 Å². The van der Waals surface area contributed by atoms with Crippen LogP contribution in [0.15, 0.2) is 74.6 Å². The predicted molar refractivity (Wildman–Crippen MR) is 105 cm³/mol. The van der Waals surface area contributed by atoms with Gasteiger partial charge in [0, 0.05) is 11.4 Å². The van der Waals surface area contributed by atoms with Crippen LogP contribution in [-0.4, -0.2) is 25.4 Å². The molecule has 0 saturated carbocycles. The van der Waals surface area contributed by atoms with Crippen molar-refractivity contribution in [2.24, 2.45) is 0 Å². The largest absolute Gasteiger partial charge is 0.478 e. The van der Waals surface area contributed by atoms with Gasteiger partial charge in [-0.05, 0) is 70.5 Å². The molecule has 3 aromatic rings. The Kier molecular flexibility index (Phi) is 5.52. The summed E-state index contributed by atoms with van der Waals surface area (Å²) in [7, 11) is -3.93. The molecular formula is C18H13BrN2O6S. The van der Waals surface area contributed by atoms with Gasteiger partial charge in [0.05, 0.1) is 10.5 Å². The number of amides is 1. The number of anilines is 2. The quantitative estimate of drug-likeness (QED) is 0.509. The van der Waals surface area contributed by atoms with E-state index in [4.69, 9.17) is 9.52 Å². The Labute approximate surface area is 168 Å². The summed E-state index contributed by atoms with van der Waals surface area (Å²) in [4.78, 5) is 23.0. The Hall–Kier alpha value is -3.11. The maximum absolute atomic E-state index is 12.5. The van der Waals surface area contributed by atoms with E-state index in [0.29, 0.717) is 10.4 Å². The average molecular weight is 465 g/mol. The van der Waals surface area contributed by atoms with Crippen molar-refractivity contribution < 1.29 is 27.5 Å². The molecule has 0 atom stereocenters. The second-order valence-corrected chi connectivity index (χ2v) is 8.04. The molecule has 1 amide bonds. The zero-order chi connectivity index (χ0) is 20.3. The van der Waals surface area contributed by atoms with Crippen LogP contribution in [0.2, 0.25) is 0 Å². The van der Waals surface area contributed by atoms with E-state index in [0.717, 1.165) is 0 Å². The number of sulfonamides is 1. The SMILES string of the molecule is O=C(O)c1cccc(NS(=O)(=O)c2ccc(NC(=O)c3ccc(Br)o3)cc2)c1. The first-order valence-corrected chi connectivity index (χ1v) is 10.1. The van der Waals surface area contributed by atoms with E-state index in [1.54, 1.807) is 6.07 Å². The standard InChI is InChI=1S/C18H13BrN2O6S/c19-16-9-8-15(27-16)17(22)20-12-4-6-14(7-5-12)28(25,26)21-13-3-1-2-11(10-13)18(23)24/h1-10,21H,(H,20,22)(H,23,24). The molecule has 0 unspecified atom stereocenters. The molecule has 1 aromatic heterocycles. The third-order valence-corrected chi connectivity index (χ3v) is 5.40. The minimum absolute atomic E-state index is 0.0391. The molecule has 8 nitrogen and oxygen atoms in total.